The average molecular weight is 255 g/mol. The fourth-order valence-electron chi connectivity index (χ4n) is 1.65. The SMILES string of the molecule is CCC(=O)N(c1ccccc1CC)S(C)(=O)=O. The van der Waals surface area contributed by atoms with E-state index in [4.69, 9.17) is 0 Å². The van der Waals surface area contributed by atoms with Crippen molar-refractivity contribution in [1.29, 1.82) is 0 Å². The molecule has 5 heteroatoms. The lowest BCUT2D eigenvalue weighted by atomic mass is 10.1. The van der Waals surface area contributed by atoms with Crippen LogP contribution in [0.15, 0.2) is 24.3 Å². The second kappa shape index (κ2) is 5.31. The van der Waals surface area contributed by atoms with E-state index in [9.17, 15) is 13.2 Å². The highest BCUT2D eigenvalue weighted by atomic mass is 32.2. The number of nitrogens with zero attached hydrogens (tertiary/aromatic N) is 1. The van der Waals surface area contributed by atoms with Crippen LogP contribution in [0.4, 0.5) is 5.69 Å². The minimum Gasteiger partial charge on any atom is -0.273 e. The minimum absolute atomic E-state index is 0.158. The van der Waals surface area contributed by atoms with Crippen molar-refractivity contribution in [1.82, 2.24) is 0 Å². The average Bonchev–Trinajstić information content (AvgIpc) is 2.28. The third kappa shape index (κ3) is 3.06. The summed E-state index contributed by atoms with van der Waals surface area (Å²) in [6, 6.07) is 7.05. The van der Waals surface area contributed by atoms with Crippen molar-refractivity contribution in [3.8, 4) is 0 Å². The zero-order chi connectivity index (χ0) is 13.1. The normalized spacial score (nSPS) is 11.2. The lowest BCUT2D eigenvalue weighted by molar-refractivity contribution is -0.117. The lowest BCUT2D eigenvalue weighted by Gasteiger charge is -2.22. The van der Waals surface area contributed by atoms with Crippen LogP contribution in [0.1, 0.15) is 25.8 Å². The minimum atomic E-state index is -3.58. The predicted molar refractivity (Wildman–Crippen MR) is 68.4 cm³/mol. The van der Waals surface area contributed by atoms with Gasteiger partial charge in [0.05, 0.1) is 11.9 Å². The van der Waals surface area contributed by atoms with Crippen LogP contribution in [0.5, 0.6) is 0 Å². The summed E-state index contributed by atoms with van der Waals surface area (Å²) in [6.07, 6.45) is 1.89. The van der Waals surface area contributed by atoms with Crippen LogP contribution in [0.3, 0.4) is 0 Å². The number of sulfonamides is 1. The summed E-state index contributed by atoms with van der Waals surface area (Å²) in [7, 11) is -3.58. The number of carbonyl (C=O) groups is 1. The zero-order valence-electron chi connectivity index (χ0n) is 10.3. The number of aryl methyl sites for hydroxylation is 1. The number of rotatable bonds is 4. The van der Waals surface area contributed by atoms with Crippen LogP contribution < -0.4 is 4.31 Å². The van der Waals surface area contributed by atoms with Gasteiger partial charge in [-0.1, -0.05) is 32.0 Å². The Morgan fingerprint density at radius 2 is 1.82 bits per heavy atom. The maximum absolute atomic E-state index is 11.8. The molecule has 0 N–H and O–H groups in total. The second-order valence-electron chi connectivity index (χ2n) is 3.76. The third-order valence-electron chi connectivity index (χ3n) is 2.45. The predicted octanol–water partition coefficient (Wildman–Crippen LogP) is 1.95. The molecule has 0 bridgehead atoms. The van der Waals surface area contributed by atoms with Gasteiger partial charge in [-0.25, -0.2) is 12.7 Å². The van der Waals surface area contributed by atoms with Crippen molar-refractivity contribution in [3.05, 3.63) is 29.8 Å². The first-order valence-electron chi connectivity index (χ1n) is 5.52. The summed E-state index contributed by atoms with van der Waals surface area (Å²) in [5.74, 6) is -0.409. The highest BCUT2D eigenvalue weighted by molar-refractivity contribution is 7.92. The van der Waals surface area contributed by atoms with Gasteiger partial charge in [0, 0.05) is 6.42 Å². The molecule has 0 saturated heterocycles. The standard InChI is InChI=1S/C12H17NO3S/c1-4-10-8-6-7-9-11(10)13(12(14)5-2)17(3,15)16/h6-9H,4-5H2,1-3H3. The number of anilines is 1. The van der Waals surface area contributed by atoms with E-state index in [1.165, 1.54) is 0 Å². The number of para-hydroxylation sites is 1. The maximum atomic E-state index is 11.8. The maximum Gasteiger partial charge on any atom is 0.240 e. The summed E-state index contributed by atoms with van der Waals surface area (Å²) in [4.78, 5) is 11.8. The third-order valence-corrected chi connectivity index (χ3v) is 3.52. The van der Waals surface area contributed by atoms with E-state index in [-0.39, 0.29) is 6.42 Å². The summed E-state index contributed by atoms with van der Waals surface area (Å²) < 4.78 is 24.3. The highest BCUT2D eigenvalue weighted by Gasteiger charge is 2.25. The fraction of sp³-hybridized carbons (Fsp3) is 0.417. The highest BCUT2D eigenvalue weighted by Crippen LogP contribution is 2.24. The summed E-state index contributed by atoms with van der Waals surface area (Å²) in [5.41, 5.74) is 1.31. The Hall–Kier alpha value is -1.36. The molecule has 0 aliphatic rings. The molecular weight excluding hydrogens is 238 g/mol. The molecule has 0 atom stereocenters. The number of carbonyl (C=O) groups excluding carboxylic acids is 1. The summed E-state index contributed by atoms with van der Waals surface area (Å²) in [5, 5.41) is 0. The first kappa shape index (κ1) is 13.7. The van der Waals surface area contributed by atoms with Crippen LogP contribution >= 0.6 is 0 Å². The Morgan fingerprint density at radius 1 is 1.24 bits per heavy atom. The molecular formula is C12H17NO3S. The van der Waals surface area contributed by atoms with Gasteiger partial charge in [-0.2, -0.15) is 0 Å². The molecule has 0 aliphatic carbocycles. The summed E-state index contributed by atoms with van der Waals surface area (Å²) in [6.45, 7) is 3.57. The van der Waals surface area contributed by atoms with E-state index in [1.807, 2.05) is 19.1 Å². The number of amides is 1. The molecule has 0 saturated carbocycles. The van der Waals surface area contributed by atoms with Crippen LogP contribution in [0, 0.1) is 0 Å². The Balaban J connectivity index is 3.38. The Bertz CT molecular complexity index is 508. The Morgan fingerprint density at radius 3 is 2.29 bits per heavy atom. The molecule has 0 aliphatic heterocycles. The molecule has 1 aromatic carbocycles. The van der Waals surface area contributed by atoms with Crippen molar-refractivity contribution in [2.45, 2.75) is 26.7 Å². The van der Waals surface area contributed by atoms with Gasteiger partial charge in [-0.05, 0) is 18.1 Å². The monoisotopic (exact) mass is 255 g/mol. The van der Waals surface area contributed by atoms with Gasteiger partial charge in [-0.15, -0.1) is 0 Å². The Kier molecular flexibility index (Phi) is 4.28. The van der Waals surface area contributed by atoms with Gasteiger partial charge in [0.25, 0.3) is 0 Å². The van der Waals surface area contributed by atoms with Crippen molar-refractivity contribution >= 4 is 21.6 Å². The Labute approximate surface area is 102 Å². The zero-order valence-corrected chi connectivity index (χ0v) is 11.1. The van der Waals surface area contributed by atoms with E-state index < -0.39 is 15.9 Å². The molecule has 1 aromatic rings. The van der Waals surface area contributed by atoms with E-state index >= 15 is 0 Å². The van der Waals surface area contributed by atoms with Gasteiger partial charge in [-0.3, -0.25) is 4.79 Å². The largest absolute Gasteiger partial charge is 0.273 e. The number of hydrogen-bond acceptors (Lipinski definition) is 3. The molecule has 17 heavy (non-hydrogen) atoms. The van der Waals surface area contributed by atoms with E-state index in [1.54, 1.807) is 19.1 Å². The fourth-order valence-corrected chi connectivity index (χ4v) is 2.68. The molecule has 0 unspecified atom stereocenters. The van der Waals surface area contributed by atoms with Gasteiger partial charge in [0.2, 0.25) is 15.9 Å². The quantitative estimate of drug-likeness (QED) is 0.826. The summed E-state index contributed by atoms with van der Waals surface area (Å²) >= 11 is 0. The van der Waals surface area contributed by atoms with Crippen LogP contribution in [0.2, 0.25) is 0 Å². The van der Waals surface area contributed by atoms with Crippen LogP contribution in [-0.4, -0.2) is 20.6 Å². The molecule has 0 radical (unpaired) electrons. The molecule has 0 heterocycles. The van der Waals surface area contributed by atoms with E-state index in [0.29, 0.717) is 12.1 Å². The topological polar surface area (TPSA) is 54.5 Å². The molecule has 0 spiro atoms. The van der Waals surface area contributed by atoms with Gasteiger partial charge in [0.1, 0.15) is 0 Å². The van der Waals surface area contributed by atoms with Gasteiger partial charge >= 0.3 is 0 Å². The molecule has 94 valence electrons. The van der Waals surface area contributed by atoms with Crippen molar-refractivity contribution in [2.24, 2.45) is 0 Å². The molecule has 4 nitrogen and oxygen atoms in total. The smallest absolute Gasteiger partial charge is 0.240 e. The number of hydrogen-bond donors (Lipinski definition) is 0. The van der Waals surface area contributed by atoms with Gasteiger partial charge < -0.3 is 0 Å². The second-order valence-corrected chi connectivity index (χ2v) is 5.59. The van der Waals surface area contributed by atoms with Crippen LogP contribution in [0.25, 0.3) is 0 Å². The van der Waals surface area contributed by atoms with Crippen molar-refractivity contribution in [2.75, 3.05) is 10.6 Å². The van der Waals surface area contributed by atoms with E-state index in [2.05, 4.69) is 0 Å². The molecule has 1 rings (SSSR count). The molecule has 0 aromatic heterocycles. The van der Waals surface area contributed by atoms with Crippen LogP contribution in [-0.2, 0) is 21.2 Å². The van der Waals surface area contributed by atoms with Crippen molar-refractivity contribution < 1.29 is 13.2 Å². The van der Waals surface area contributed by atoms with Gasteiger partial charge in [0.15, 0.2) is 0 Å². The molecule has 1 amide bonds. The van der Waals surface area contributed by atoms with Crippen molar-refractivity contribution in [3.63, 3.8) is 0 Å². The number of benzene rings is 1. The first-order chi connectivity index (χ1) is 7.91. The first-order valence-corrected chi connectivity index (χ1v) is 7.37. The molecule has 0 fully saturated rings. The lowest BCUT2D eigenvalue weighted by Crippen LogP contribution is -2.36. The van der Waals surface area contributed by atoms with E-state index in [0.717, 1.165) is 16.1 Å².